The lowest BCUT2D eigenvalue weighted by Crippen LogP contribution is -2.14. The number of rotatable bonds is 1. The third-order valence-electron chi connectivity index (χ3n) is 1.29. The molecule has 1 unspecified atom stereocenters. The van der Waals surface area contributed by atoms with Crippen LogP contribution in [0.1, 0.15) is 6.42 Å². The van der Waals surface area contributed by atoms with Crippen molar-refractivity contribution in [3.05, 3.63) is 0 Å². The zero-order chi connectivity index (χ0) is 6.91. The molecular weight excluding hydrogens is 255 g/mol. The summed E-state index contributed by atoms with van der Waals surface area (Å²) in [6.07, 6.45) is 0.658. The second-order valence-electron chi connectivity index (χ2n) is 1.96. The Kier molecular flexibility index (Phi) is 2.33. The maximum atomic E-state index is 10.7. The summed E-state index contributed by atoms with van der Waals surface area (Å²) in [6, 6.07) is 0. The molecule has 0 aliphatic carbocycles. The first-order valence-electron chi connectivity index (χ1n) is 2.62. The SMILES string of the molecule is O=S(=O)(I)C1CCOC1. The molecule has 5 heteroatoms. The minimum absolute atomic E-state index is 0.252. The highest BCUT2D eigenvalue weighted by atomic mass is 127. The quantitative estimate of drug-likeness (QED) is 0.511. The van der Waals surface area contributed by atoms with Gasteiger partial charge in [0.15, 0.2) is 0 Å². The zero-order valence-corrected chi connectivity index (χ0v) is 7.68. The van der Waals surface area contributed by atoms with Crippen LogP contribution >= 0.6 is 21.2 Å². The predicted octanol–water partition coefficient (Wildman–Crippen LogP) is 0.540. The molecule has 1 aliphatic heterocycles. The van der Waals surface area contributed by atoms with Gasteiger partial charge in [0.1, 0.15) is 0 Å². The Hall–Kier alpha value is 0.640. The van der Waals surface area contributed by atoms with Gasteiger partial charge in [-0.2, -0.15) is 0 Å². The second-order valence-corrected chi connectivity index (χ2v) is 7.26. The monoisotopic (exact) mass is 262 g/mol. The van der Waals surface area contributed by atoms with Gasteiger partial charge in [0, 0.05) is 6.61 Å². The molecule has 0 saturated carbocycles. The summed E-state index contributed by atoms with van der Waals surface area (Å²) in [6.45, 7) is 0.970. The molecule has 0 aromatic carbocycles. The van der Waals surface area contributed by atoms with Crippen LogP contribution in [0.4, 0.5) is 0 Å². The number of hydrogen-bond acceptors (Lipinski definition) is 3. The third-order valence-corrected chi connectivity index (χ3v) is 4.61. The number of halogens is 1. The fourth-order valence-corrected chi connectivity index (χ4v) is 2.57. The van der Waals surface area contributed by atoms with Gasteiger partial charge in [-0.15, -0.1) is 0 Å². The molecule has 1 aliphatic rings. The smallest absolute Gasteiger partial charge is 0.208 e. The van der Waals surface area contributed by atoms with Gasteiger partial charge in [0.2, 0.25) is 7.01 Å². The van der Waals surface area contributed by atoms with Crippen molar-refractivity contribution in [3.8, 4) is 0 Å². The molecule has 3 nitrogen and oxygen atoms in total. The predicted molar refractivity (Wildman–Crippen MR) is 42.2 cm³/mol. The molecule has 1 saturated heterocycles. The molecule has 0 aromatic rings. The Bertz CT molecular complexity index is 180. The number of ether oxygens (including phenoxy) is 1. The molecule has 0 spiro atoms. The van der Waals surface area contributed by atoms with Gasteiger partial charge >= 0.3 is 0 Å². The van der Waals surface area contributed by atoms with E-state index >= 15 is 0 Å². The first-order chi connectivity index (χ1) is 4.11. The molecule has 0 N–H and O–H groups in total. The largest absolute Gasteiger partial charge is 0.380 e. The van der Waals surface area contributed by atoms with Crippen LogP contribution in [0.15, 0.2) is 0 Å². The zero-order valence-electron chi connectivity index (χ0n) is 4.71. The molecule has 9 heavy (non-hydrogen) atoms. The Labute approximate surface area is 66.3 Å². The Morgan fingerprint density at radius 1 is 1.56 bits per heavy atom. The van der Waals surface area contributed by atoms with Crippen molar-refractivity contribution in [2.45, 2.75) is 11.7 Å². The molecule has 1 fully saturated rings. The summed E-state index contributed by atoms with van der Waals surface area (Å²) in [5.41, 5.74) is 0. The highest BCUT2D eigenvalue weighted by molar-refractivity contribution is 14.2. The lowest BCUT2D eigenvalue weighted by molar-refractivity contribution is 0.198. The third kappa shape index (κ3) is 2.05. The lowest BCUT2D eigenvalue weighted by Gasteiger charge is -1.99. The van der Waals surface area contributed by atoms with E-state index in [4.69, 9.17) is 4.74 Å². The van der Waals surface area contributed by atoms with Crippen molar-refractivity contribution in [1.29, 1.82) is 0 Å². The lowest BCUT2D eigenvalue weighted by atomic mass is 10.4. The molecular formula is C4H7IO3S. The van der Waals surface area contributed by atoms with E-state index in [2.05, 4.69) is 0 Å². The maximum absolute atomic E-state index is 10.7. The van der Waals surface area contributed by atoms with Gasteiger partial charge in [-0.25, -0.2) is 8.42 Å². The van der Waals surface area contributed by atoms with E-state index in [1.165, 1.54) is 21.2 Å². The fourth-order valence-electron chi connectivity index (χ4n) is 0.735. The van der Waals surface area contributed by atoms with Gasteiger partial charge < -0.3 is 4.74 Å². The topological polar surface area (TPSA) is 43.4 Å². The van der Waals surface area contributed by atoms with Gasteiger partial charge in [-0.05, 0) is 6.42 Å². The standard InChI is InChI=1S/C4H7IO3S/c5-9(6,7)4-1-2-8-3-4/h4H,1-3H2. The summed E-state index contributed by atoms with van der Waals surface area (Å²) in [7, 11) is -2.86. The van der Waals surface area contributed by atoms with E-state index in [0.29, 0.717) is 19.6 Å². The Morgan fingerprint density at radius 2 is 2.22 bits per heavy atom. The molecule has 0 amide bonds. The van der Waals surface area contributed by atoms with Crippen molar-refractivity contribution < 1.29 is 13.2 Å². The van der Waals surface area contributed by atoms with Gasteiger partial charge in [-0.3, -0.25) is 0 Å². The van der Waals surface area contributed by atoms with E-state index in [9.17, 15) is 8.42 Å². The first kappa shape index (κ1) is 7.74. The van der Waals surface area contributed by atoms with Crippen molar-refractivity contribution in [1.82, 2.24) is 0 Å². The number of hydrogen-bond donors (Lipinski definition) is 0. The van der Waals surface area contributed by atoms with Gasteiger partial charge in [0.05, 0.1) is 33.1 Å². The second kappa shape index (κ2) is 2.71. The van der Waals surface area contributed by atoms with Crippen LogP contribution < -0.4 is 0 Å². The fraction of sp³-hybridized carbons (Fsp3) is 1.00. The van der Waals surface area contributed by atoms with E-state index in [0.717, 1.165) is 0 Å². The molecule has 1 heterocycles. The summed E-state index contributed by atoms with van der Waals surface area (Å²) in [5.74, 6) is 0. The summed E-state index contributed by atoms with van der Waals surface area (Å²) in [5, 5.41) is -0.252. The van der Waals surface area contributed by atoms with Crippen LogP contribution in [0.2, 0.25) is 0 Å². The van der Waals surface area contributed by atoms with Crippen molar-refractivity contribution in [3.63, 3.8) is 0 Å². The van der Waals surface area contributed by atoms with E-state index in [1.807, 2.05) is 0 Å². The van der Waals surface area contributed by atoms with Gasteiger partial charge in [-0.1, -0.05) is 0 Å². The molecule has 0 aromatic heterocycles. The van der Waals surface area contributed by atoms with Crippen LogP contribution in [-0.4, -0.2) is 26.9 Å². The maximum Gasteiger partial charge on any atom is 0.208 e. The Balaban J connectivity index is 2.63. The normalized spacial score (nSPS) is 28.8. The molecule has 0 bridgehead atoms. The summed E-state index contributed by atoms with van der Waals surface area (Å²) < 4.78 is 26.4. The van der Waals surface area contributed by atoms with E-state index < -0.39 is 7.01 Å². The van der Waals surface area contributed by atoms with Crippen LogP contribution in [0.5, 0.6) is 0 Å². The van der Waals surface area contributed by atoms with E-state index in [1.54, 1.807) is 0 Å². The van der Waals surface area contributed by atoms with Gasteiger partial charge in [0.25, 0.3) is 0 Å². The van der Waals surface area contributed by atoms with Crippen LogP contribution in [0.3, 0.4) is 0 Å². The van der Waals surface area contributed by atoms with Crippen LogP contribution in [0.25, 0.3) is 0 Å². The van der Waals surface area contributed by atoms with Crippen LogP contribution in [0, 0.1) is 0 Å². The first-order valence-corrected chi connectivity index (χ1v) is 6.71. The van der Waals surface area contributed by atoms with Crippen molar-refractivity contribution in [2.24, 2.45) is 0 Å². The van der Waals surface area contributed by atoms with E-state index in [-0.39, 0.29) is 5.25 Å². The average molecular weight is 262 g/mol. The average Bonchev–Trinajstić information content (AvgIpc) is 2.08. The summed E-state index contributed by atoms with van der Waals surface area (Å²) >= 11 is 1.47. The minimum Gasteiger partial charge on any atom is -0.380 e. The minimum atomic E-state index is -2.86. The highest BCUT2D eigenvalue weighted by Gasteiger charge is 2.26. The summed E-state index contributed by atoms with van der Waals surface area (Å²) in [4.78, 5) is 0. The van der Waals surface area contributed by atoms with Crippen molar-refractivity contribution in [2.75, 3.05) is 13.2 Å². The Morgan fingerprint density at radius 3 is 2.44 bits per heavy atom. The molecule has 0 radical (unpaired) electrons. The molecule has 1 rings (SSSR count). The van der Waals surface area contributed by atoms with Crippen LogP contribution in [-0.2, 0) is 11.7 Å². The molecule has 1 atom stereocenters. The molecule has 54 valence electrons. The highest BCUT2D eigenvalue weighted by Crippen LogP contribution is 2.18. The van der Waals surface area contributed by atoms with Crippen molar-refractivity contribution >= 4 is 28.2 Å².